The lowest BCUT2D eigenvalue weighted by Gasteiger charge is -2.25. The van der Waals surface area contributed by atoms with E-state index in [2.05, 4.69) is 115 Å². The van der Waals surface area contributed by atoms with E-state index in [1.165, 1.54) is 16.7 Å². The zero-order chi connectivity index (χ0) is 19.2. The Balaban J connectivity index is 1.67. The number of allylic oxidation sites excluding steroid dienone is 1. The molecule has 28 heavy (non-hydrogen) atoms. The maximum Gasteiger partial charge on any atom is 0.0462 e. The number of rotatable bonds is 5. The summed E-state index contributed by atoms with van der Waals surface area (Å²) in [6.07, 6.45) is 2.23. The van der Waals surface area contributed by atoms with E-state index in [-0.39, 0.29) is 0 Å². The van der Waals surface area contributed by atoms with Crippen LogP contribution in [-0.2, 0) is 0 Å². The van der Waals surface area contributed by atoms with Gasteiger partial charge in [-0.25, -0.2) is 0 Å². The molecule has 0 heterocycles. The lowest BCUT2D eigenvalue weighted by Crippen LogP contribution is -2.09. The van der Waals surface area contributed by atoms with E-state index in [0.29, 0.717) is 0 Å². The second-order valence-corrected chi connectivity index (χ2v) is 6.79. The average molecular weight is 361 g/mol. The Bertz CT molecular complexity index is 994. The van der Waals surface area contributed by atoms with Crippen LogP contribution in [-0.4, -0.2) is 0 Å². The molecule has 0 unspecified atom stereocenters. The minimum atomic E-state index is 1.15. The molecule has 0 spiro atoms. The zero-order valence-corrected chi connectivity index (χ0v) is 16.0. The minimum Gasteiger partial charge on any atom is -0.311 e. The van der Waals surface area contributed by atoms with Crippen LogP contribution in [0.25, 0.3) is 11.6 Å². The van der Waals surface area contributed by atoms with Crippen molar-refractivity contribution >= 4 is 28.7 Å². The first kappa shape index (κ1) is 17.8. The first-order valence-corrected chi connectivity index (χ1v) is 9.55. The summed E-state index contributed by atoms with van der Waals surface area (Å²) >= 11 is 0. The molecule has 0 atom stereocenters. The van der Waals surface area contributed by atoms with Gasteiger partial charge in [0.25, 0.3) is 0 Å². The van der Waals surface area contributed by atoms with Gasteiger partial charge in [-0.05, 0) is 60.0 Å². The van der Waals surface area contributed by atoms with Gasteiger partial charge in [-0.15, -0.1) is 0 Å². The van der Waals surface area contributed by atoms with Gasteiger partial charge in [-0.1, -0.05) is 84.9 Å². The molecule has 0 amide bonds. The molecule has 0 saturated heterocycles. The fourth-order valence-electron chi connectivity index (χ4n) is 3.36. The highest BCUT2D eigenvalue weighted by Crippen LogP contribution is 2.34. The van der Waals surface area contributed by atoms with Crippen LogP contribution < -0.4 is 4.90 Å². The third kappa shape index (κ3) is 4.05. The molecular weight excluding hydrogens is 338 g/mol. The Morgan fingerprint density at radius 1 is 0.536 bits per heavy atom. The Morgan fingerprint density at radius 2 is 0.964 bits per heavy atom. The van der Waals surface area contributed by atoms with E-state index in [1.54, 1.807) is 0 Å². The Labute approximate surface area is 167 Å². The third-order valence-electron chi connectivity index (χ3n) is 4.79. The fraction of sp³-hybridized carbons (Fsp3) is 0.0370. The number of hydrogen-bond acceptors (Lipinski definition) is 1. The van der Waals surface area contributed by atoms with Crippen LogP contribution in [0.2, 0.25) is 0 Å². The fourth-order valence-corrected chi connectivity index (χ4v) is 3.36. The van der Waals surface area contributed by atoms with Gasteiger partial charge in [-0.2, -0.15) is 0 Å². The number of hydrogen-bond donors (Lipinski definition) is 0. The van der Waals surface area contributed by atoms with Crippen molar-refractivity contribution in [2.75, 3.05) is 4.90 Å². The summed E-state index contributed by atoms with van der Waals surface area (Å²) in [4.78, 5) is 2.28. The lowest BCUT2D eigenvalue weighted by molar-refractivity contribution is 1.28. The molecule has 1 heteroatoms. The first-order valence-electron chi connectivity index (χ1n) is 9.55. The average Bonchev–Trinajstić information content (AvgIpc) is 2.77. The Hall–Kier alpha value is -3.58. The summed E-state index contributed by atoms with van der Waals surface area (Å²) in [5.74, 6) is 0. The van der Waals surface area contributed by atoms with E-state index in [9.17, 15) is 0 Å². The molecule has 4 aromatic carbocycles. The van der Waals surface area contributed by atoms with E-state index in [0.717, 1.165) is 17.1 Å². The van der Waals surface area contributed by atoms with Crippen molar-refractivity contribution in [2.24, 2.45) is 0 Å². The molecule has 0 fully saturated rings. The standard InChI is InChI=1S/C27H23N/c1-22(24-11-5-2-6-12-24)21-23-17-19-27(20-18-23)28(25-13-7-3-8-14-25)26-15-9-4-10-16-26/h2-21H,1H3. The van der Waals surface area contributed by atoms with Crippen LogP contribution in [0.1, 0.15) is 18.1 Å². The SMILES string of the molecule is CC(=Cc1ccc(N(c2ccccc2)c2ccccc2)cc1)c1ccccc1. The molecule has 136 valence electrons. The summed E-state index contributed by atoms with van der Waals surface area (Å²) in [7, 11) is 0. The normalized spacial score (nSPS) is 11.2. The van der Waals surface area contributed by atoms with Gasteiger partial charge < -0.3 is 4.90 Å². The summed E-state index contributed by atoms with van der Waals surface area (Å²) in [6, 6.07) is 40.2. The zero-order valence-electron chi connectivity index (χ0n) is 16.0. The molecular formula is C27H23N. The molecule has 0 N–H and O–H groups in total. The van der Waals surface area contributed by atoms with Crippen molar-refractivity contribution in [3.8, 4) is 0 Å². The Kier molecular flexibility index (Phi) is 5.35. The molecule has 1 nitrogen and oxygen atoms in total. The quantitative estimate of drug-likeness (QED) is 0.329. The van der Waals surface area contributed by atoms with Crippen molar-refractivity contribution in [3.05, 3.63) is 126 Å². The van der Waals surface area contributed by atoms with Gasteiger partial charge in [-0.3, -0.25) is 0 Å². The second-order valence-electron chi connectivity index (χ2n) is 6.79. The molecule has 0 saturated carbocycles. The second kappa shape index (κ2) is 8.41. The highest BCUT2D eigenvalue weighted by atomic mass is 15.1. The minimum absolute atomic E-state index is 1.15. The summed E-state index contributed by atoms with van der Waals surface area (Å²) < 4.78 is 0. The van der Waals surface area contributed by atoms with Gasteiger partial charge in [0.2, 0.25) is 0 Å². The molecule has 0 aliphatic rings. The van der Waals surface area contributed by atoms with Crippen molar-refractivity contribution in [3.63, 3.8) is 0 Å². The van der Waals surface area contributed by atoms with Gasteiger partial charge in [0.1, 0.15) is 0 Å². The highest BCUT2D eigenvalue weighted by molar-refractivity contribution is 5.82. The van der Waals surface area contributed by atoms with Gasteiger partial charge in [0.15, 0.2) is 0 Å². The van der Waals surface area contributed by atoms with Gasteiger partial charge >= 0.3 is 0 Å². The van der Waals surface area contributed by atoms with Gasteiger partial charge in [0, 0.05) is 17.1 Å². The molecule has 0 aromatic heterocycles. The highest BCUT2D eigenvalue weighted by Gasteiger charge is 2.11. The maximum absolute atomic E-state index is 2.28. The van der Waals surface area contributed by atoms with Crippen LogP contribution >= 0.6 is 0 Å². The van der Waals surface area contributed by atoms with Crippen LogP contribution in [0.3, 0.4) is 0 Å². The molecule has 0 aliphatic carbocycles. The van der Waals surface area contributed by atoms with E-state index < -0.39 is 0 Å². The predicted octanol–water partition coefficient (Wildman–Crippen LogP) is 7.72. The van der Waals surface area contributed by atoms with Crippen LogP contribution in [0.15, 0.2) is 115 Å². The van der Waals surface area contributed by atoms with Crippen molar-refractivity contribution in [1.82, 2.24) is 0 Å². The topological polar surface area (TPSA) is 3.24 Å². The van der Waals surface area contributed by atoms with E-state index in [1.807, 2.05) is 18.2 Å². The number of benzene rings is 4. The van der Waals surface area contributed by atoms with Crippen molar-refractivity contribution in [1.29, 1.82) is 0 Å². The molecule has 0 bridgehead atoms. The number of para-hydroxylation sites is 2. The summed E-state index contributed by atoms with van der Waals surface area (Å²) in [6.45, 7) is 2.16. The third-order valence-corrected chi connectivity index (χ3v) is 4.79. The van der Waals surface area contributed by atoms with Gasteiger partial charge in [0.05, 0.1) is 0 Å². The largest absolute Gasteiger partial charge is 0.311 e. The van der Waals surface area contributed by atoms with Crippen LogP contribution in [0.4, 0.5) is 17.1 Å². The number of anilines is 3. The smallest absolute Gasteiger partial charge is 0.0462 e. The Morgan fingerprint density at radius 3 is 1.46 bits per heavy atom. The predicted molar refractivity (Wildman–Crippen MR) is 121 cm³/mol. The molecule has 0 radical (unpaired) electrons. The van der Waals surface area contributed by atoms with Crippen LogP contribution in [0, 0.1) is 0 Å². The lowest BCUT2D eigenvalue weighted by atomic mass is 10.0. The molecule has 0 aliphatic heterocycles. The number of nitrogens with zero attached hydrogens (tertiary/aromatic N) is 1. The van der Waals surface area contributed by atoms with Crippen molar-refractivity contribution in [2.45, 2.75) is 6.92 Å². The summed E-state index contributed by atoms with van der Waals surface area (Å²) in [5.41, 5.74) is 7.16. The first-order chi connectivity index (χ1) is 13.8. The maximum atomic E-state index is 2.28. The van der Waals surface area contributed by atoms with E-state index >= 15 is 0 Å². The monoisotopic (exact) mass is 361 g/mol. The summed E-state index contributed by atoms with van der Waals surface area (Å²) in [5, 5.41) is 0. The van der Waals surface area contributed by atoms with E-state index in [4.69, 9.17) is 0 Å². The molecule has 4 aromatic rings. The van der Waals surface area contributed by atoms with Crippen molar-refractivity contribution < 1.29 is 0 Å². The molecule has 4 rings (SSSR count). The van der Waals surface area contributed by atoms with Crippen LogP contribution in [0.5, 0.6) is 0 Å².